The van der Waals surface area contributed by atoms with Gasteiger partial charge in [-0.15, -0.1) is 0 Å². The summed E-state index contributed by atoms with van der Waals surface area (Å²) in [6.45, 7) is 4.85. The largest absolute Gasteiger partial charge is 0.351 e. The first-order chi connectivity index (χ1) is 15.5. The van der Waals surface area contributed by atoms with Crippen LogP contribution in [0.4, 0.5) is 0 Å². The molecule has 1 N–H and O–H groups in total. The Balaban J connectivity index is 1.56. The van der Waals surface area contributed by atoms with Gasteiger partial charge in [-0.3, -0.25) is 9.59 Å². The highest BCUT2D eigenvalue weighted by molar-refractivity contribution is 6.03. The predicted molar refractivity (Wildman–Crippen MR) is 126 cm³/mol. The van der Waals surface area contributed by atoms with Crippen molar-refractivity contribution in [2.75, 3.05) is 0 Å². The van der Waals surface area contributed by atoms with Crippen LogP contribution < -0.4 is 5.32 Å². The molecule has 1 saturated carbocycles. The molecule has 1 aliphatic heterocycles. The molecule has 0 bridgehead atoms. The Morgan fingerprint density at radius 2 is 1.78 bits per heavy atom. The van der Waals surface area contributed by atoms with Crippen molar-refractivity contribution in [2.24, 2.45) is 0 Å². The van der Waals surface area contributed by atoms with Crippen LogP contribution in [0.2, 0.25) is 0 Å². The number of carbonyl (C=O) groups excluding carboxylic acids is 2. The average Bonchev–Trinajstić information content (AvgIpc) is 3.17. The summed E-state index contributed by atoms with van der Waals surface area (Å²) in [7, 11) is 0. The number of nitrogens with one attached hydrogen (secondary N) is 1. The van der Waals surface area contributed by atoms with Gasteiger partial charge in [0.25, 0.3) is 5.91 Å². The third kappa shape index (κ3) is 3.50. The van der Waals surface area contributed by atoms with Gasteiger partial charge in [-0.25, -0.2) is 0 Å². The number of carbonyl (C=O) groups is 2. The Bertz CT molecular complexity index is 1170. The first-order valence-electron chi connectivity index (χ1n) is 11.7. The molecule has 1 fully saturated rings. The van der Waals surface area contributed by atoms with Crippen molar-refractivity contribution in [1.82, 2.24) is 14.8 Å². The maximum absolute atomic E-state index is 13.8. The fourth-order valence-corrected chi connectivity index (χ4v) is 5.30. The van der Waals surface area contributed by atoms with Gasteiger partial charge in [-0.1, -0.05) is 61.7 Å². The molecule has 2 aliphatic rings. The lowest BCUT2D eigenvalue weighted by molar-refractivity contribution is -0.134. The van der Waals surface area contributed by atoms with E-state index in [1.54, 1.807) is 4.90 Å². The van der Waals surface area contributed by atoms with E-state index in [4.69, 9.17) is 0 Å². The standard InChI is InChI=1S/C27H31N3O2/c1-19-10-6-7-12-21(19)17-30-25(31)24-16-20-11-8-9-15-23(20)29(24)18-27(30,2)26(32)28-22-13-4-3-5-14-22/h6-12,15-16,22H,3-5,13-14,17-18H2,1-2H3,(H,28,32)/t27-/m0/s1. The number of amides is 2. The molecule has 2 amide bonds. The van der Waals surface area contributed by atoms with Crippen molar-refractivity contribution < 1.29 is 9.59 Å². The van der Waals surface area contributed by atoms with E-state index in [-0.39, 0.29) is 17.9 Å². The van der Waals surface area contributed by atoms with E-state index in [1.165, 1.54) is 6.42 Å². The number of hydrogen-bond donors (Lipinski definition) is 1. The molecule has 166 valence electrons. The number of rotatable bonds is 4. The first-order valence-corrected chi connectivity index (χ1v) is 11.7. The third-order valence-electron chi connectivity index (χ3n) is 7.36. The maximum Gasteiger partial charge on any atom is 0.271 e. The van der Waals surface area contributed by atoms with Crippen LogP contribution in [0, 0.1) is 6.92 Å². The van der Waals surface area contributed by atoms with Crippen LogP contribution >= 0.6 is 0 Å². The topological polar surface area (TPSA) is 54.3 Å². The second kappa shape index (κ2) is 8.12. The molecule has 3 aromatic rings. The van der Waals surface area contributed by atoms with Gasteiger partial charge in [0.05, 0.1) is 6.54 Å². The highest BCUT2D eigenvalue weighted by Crippen LogP contribution is 2.34. The maximum atomic E-state index is 13.8. The van der Waals surface area contributed by atoms with Crippen LogP contribution in [0.15, 0.2) is 54.6 Å². The molecule has 0 saturated heterocycles. The molecular weight excluding hydrogens is 398 g/mol. The van der Waals surface area contributed by atoms with E-state index in [0.29, 0.717) is 18.8 Å². The van der Waals surface area contributed by atoms with Crippen molar-refractivity contribution in [3.63, 3.8) is 0 Å². The van der Waals surface area contributed by atoms with Gasteiger partial charge < -0.3 is 14.8 Å². The van der Waals surface area contributed by atoms with Crippen LogP contribution in [-0.4, -0.2) is 32.9 Å². The monoisotopic (exact) mass is 429 g/mol. The molecule has 1 aromatic heterocycles. The Morgan fingerprint density at radius 1 is 1.06 bits per heavy atom. The summed E-state index contributed by atoms with van der Waals surface area (Å²) >= 11 is 0. The molecule has 0 radical (unpaired) electrons. The fourth-order valence-electron chi connectivity index (χ4n) is 5.30. The van der Waals surface area contributed by atoms with Crippen molar-refractivity contribution in [3.8, 4) is 0 Å². The SMILES string of the molecule is Cc1ccccc1CN1C(=O)c2cc3ccccc3n2C[C@@]1(C)C(=O)NC1CCCCC1. The van der Waals surface area contributed by atoms with Crippen molar-refractivity contribution >= 4 is 22.7 Å². The zero-order valence-corrected chi connectivity index (χ0v) is 18.9. The number of fused-ring (bicyclic) bond motifs is 3. The van der Waals surface area contributed by atoms with Crippen molar-refractivity contribution in [2.45, 2.75) is 70.6 Å². The van der Waals surface area contributed by atoms with E-state index in [0.717, 1.165) is 47.7 Å². The minimum atomic E-state index is -0.967. The summed E-state index contributed by atoms with van der Waals surface area (Å²) < 4.78 is 2.03. The summed E-state index contributed by atoms with van der Waals surface area (Å²) in [6, 6.07) is 18.3. The van der Waals surface area contributed by atoms with Gasteiger partial charge >= 0.3 is 0 Å². The minimum Gasteiger partial charge on any atom is -0.351 e. The summed E-state index contributed by atoms with van der Waals surface area (Å²) in [4.78, 5) is 29.4. The second-order valence-electron chi connectivity index (χ2n) is 9.57. The smallest absolute Gasteiger partial charge is 0.271 e. The highest BCUT2D eigenvalue weighted by Gasteiger charge is 2.48. The Morgan fingerprint density at radius 3 is 2.56 bits per heavy atom. The molecule has 2 aromatic carbocycles. The molecular formula is C27H31N3O2. The predicted octanol–water partition coefficient (Wildman–Crippen LogP) is 4.81. The van der Waals surface area contributed by atoms with E-state index < -0.39 is 5.54 Å². The van der Waals surface area contributed by atoms with E-state index >= 15 is 0 Å². The van der Waals surface area contributed by atoms with Crippen LogP contribution in [0.25, 0.3) is 10.9 Å². The van der Waals surface area contributed by atoms with Gasteiger partial charge in [0.1, 0.15) is 11.2 Å². The molecule has 1 atom stereocenters. The average molecular weight is 430 g/mol. The Labute approximate surface area is 189 Å². The fraction of sp³-hybridized carbons (Fsp3) is 0.407. The summed E-state index contributed by atoms with van der Waals surface area (Å²) in [5.74, 6) is -0.133. The number of aromatic nitrogens is 1. The second-order valence-corrected chi connectivity index (χ2v) is 9.57. The van der Waals surface area contributed by atoms with Crippen LogP contribution in [-0.2, 0) is 17.9 Å². The number of benzene rings is 2. The lowest BCUT2D eigenvalue weighted by Gasteiger charge is -2.45. The van der Waals surface area contributed by atoms with Crippen LogP contribution in [0.1, 0.15) is 60.6 Å². The van der Waals surface area contributed by atoms with Gasteiger partial charge in [0, 0.05) is 23.5 Å². The Kier molecular flexibility index (Phi) is 5.28. The third-order valence-corrected chi connectivity index (χ3v) is 7.36. The zero-order chi connectivity index (χ0) is 22.3. The highest BCUT2D eigenvalue weighted by atomic mass is 16.2. The van der Waals surface area contributed by atoms with E-state index in [2.05, 4.69) is 18.3 Å². The van der Waals surface area contributed by atoms with Crippen LogP contribution in [0.3, 0.4) is 0 Å². The molecule has 5 heteroatoms. The molecule has 5 nitrogen and oxygen atoms in total. The van der Waals surface area contributed by atoms with Crippen molar-refractivity contribution in [1.29, 1.82) is 0 Å². The van der Waals surface area contributed by atoms with Crippen molar-refractivity contribution in [3.05, 3.63) is 71.4 Å². The van der Waals surface area contributed by atoms with Gasteiger partial charge in [0.15, 0.2) is 0 Å². The van der Waals surface area contributed by atoms with Crippen LogP contribution in [0.5, 0.6) is 0 Å². The molecule has 32 heavy (non-hydrogen) atoms. The molecule has 5 rings (SSSR count). The van der Waals surface area contributed by atoms with E-state index in [9.17, 15) is 9.59 Å². The molecule has 0 spiro atoms. The zero-order valence-electron chi connectivity index (χ0n) is 18.9. The lowest BCUT2D eigenvalue weighted by atomic mass is 9.90. The number of nitrogens with zero attached hydrogens (tertiary/aromatic N) is 2. The Hall–Kier alpha value is -3.08. The number of hydrogen-bond acceptors (Lipinski definition) is 2. The summed E-state index contributed by atoms with van der Waals surface area (Å²) in [5.41, 5.74) is 2.89. The molecule has 2 heterocycles. The quantitative estimate of drug-likeness (QED) is 0.647. The summed E-state index contributed by atoms with van der Waals surface area (Å²) in [6.07, 6.45) is 5.58. The normalized spacial score (nSPS) is 21.6. The van der Waals surface area contributed by atoms with Gasteiger partial charge in [0.2, 0.25) is 5.91 Å². The number of aryl methyl sites for hydroxylation is 1. The molecule has 1 aliphatic carbocycles. The number of para-hydroxylation sites is 1. The van der Waals surface area contributed by atoms with E-state index in [1.807, 2.05) is 60.0 Å². The molecule has 0 unspecified atom stereocenters. The van der Waals surface area contributed by atoms with Gasteiger partial charge in [-0.2, -0.15) is 0 Å². The lowest BCUT2D eigenvalue weighted by Crippen LogP contribution is -2.64. The minimum absolute atomic E-state index is 0.0465. The first kappa shape index (κ1) is 20.8. The summed E-state index contributed by atoms with van der Waals surface area (Å²) in [5, 5.41) is 4.34. The van der Waals surface area contributed by atoms with Gasteiger partial charge in [-0.05, 0) is 49.9 Å².